The Morgan fingerprint density at radius 2 is 1.82 bits per heavy atom. The van der Waals surface area contributed by atoms with Crippen LogP contribution in [0.3, 0.4) is 0 Å². The summed E-state index contributed by atoms with van der Waals surface area (Å²) < 4.78 is 52.9. The molecule has 0 aromatic carbocycles. The fraction of sp³-hybridized carbons (Fsp3) is 0.706. The summed E-state index contributed by atoms with van der Waals surface area (Å²) in [6, 6.07) is 0. The van der Waals surface area contributed by atoms with Gasteiger partial charge in [0.15, 0.2) is 30.2 Å². The summed E-state index contributed by atoms with van der Waals surface area (Å²) >= 11 is 4.66. The minimum atomic E-state index is -5.48. The van der Waals surface area contributed by atoms with Crippen molar-refractivity contribution in [2.24, 2.45) is 0 Å². The molecule has 12 atom stereocenters. The Labute approximate surface area is 228 Å². The minimum absolute atomic E-state index is 0.0265. The number of nitrogen functional groups attached to an aromatic ring is 1. The summed E-state index contributed by atoms with van der Waals surface area (Å²) in [7, 11) is -5.48. The lowest BCUT2D eigenvalue weighted by atomic mass is 9.96. The number of aliphatic hydroxyl groups is 6. The maximum absolute atomic E-state index is 14.8. The van der Waals surface area contributed by atoms with Gasteiger partial charge in [-0.2, -0.15) is 0 Å². The number of hydrogen-bond donors (Lipinski definition) is 9. The molecular weight excluding hydrogens is 611 g/mol. The molecule has 0 aliphatic carbocycles. The van der Waals surface area contributed by atoms with Crippen LogP contribution in [0.1, 0.15) is 6.23 Å². The van der Waals surface area contributed by atoms with E-state index in [1.807, 2.05) is 0 Å². The molecule has 4 rings (SSSR count). The first-order valence-electron chi connectivity index (χ1n) is 11.2. The maximum atomic E-state index is 14.8. The highest BCUT2D eigenvalue weighted by Crippen LogP contribution is 2.61. The first kappa shape index (κ1) is 31.6. The SMILES string of the molecule is Nc1ncnc2c1ncn2[C@@H]1O[C@H](COP(O)(=S)OP(=O)(O)O[C@@H]2OC([C@H](O)CO)[C@@H](O)C(O)C2O)C(F)C1O. The highest BCUT2D eigenvalue weighted by atomic mass is 32.5. The Balaban J connectivity index is 1.38. The van der Waals surface area contributed by atoms with Gasteiger partial charge in [0.2, 0.25) is 0 Å². The lowest BCUT2D eigenvalue weighted by molar-refractivity contribution is -0.292. The molecule has 2 saturated heterocycles. The van der Waals surface area contributed by atoms with E-state index < -0.39 is 89.2 Å². The number of hydrogen-bond acceptors (Lipinski definition) is 17. The Morgan fingerprint density at radius 3 is 2.50 bits per heavy atom. The molecule has 2 aromatic heterocycles. The minimum Gasteiger partial charge on any atom is -0.394 e. The molecule has 0 radical (unpaired) electrons. The van der Waals surface area contributed by atoms with Crippen molar-refractivity contribution >= 4 is 43.3 Å². The van der Waals surface area contributed by atoms with Gasteiger partial charge in [0.1, 0.15) is 54.6 Å². The van der Waals surface area contributed by atoms with Crippen LogP contribution in [0.25, 0.3) is 11.2 Å². The Hall–Kier alpha value is -1.36. The summed E-state index contributed by atoms with van der Waals surface area (Å²) in [5.74, 6) is 0.0265. The van der Waals surface area contributed by atoms with E-state index in [0.29, 0.717) is 0 Å². The second kappa shape index (κ2) is 12.1. The van der Waals surface area contributed by atoms with E-state index >= 15 is 0 Å². The molecule has 2 aliphatic rings. The van der Waals surface area contributed by atoms with Gasteiger partial charge in [-0.25, -0.2) is 28.2 Å². The first-order chi connectivity index (χ1) is 18.7. The van der Waals surface area contributed by atoms with Gasteiger partial charge >= 0.3 is 14.5 Å². The van der Waals surface area contributed by atoms with Crippen molar-refractivity contribution in [3.8, 4) is 0 Å². The van der Waals surface area contributed by atoms with Crippen LogP contribution >= 0.6 is 14.5 Å². The average molecular weight is 637 g/mol. The molecule has 2 aromatic rings. The Morgan fingerprint density at radius 1 is 1.12 bits per heavy atom. The van der Waals surface area contributed by atoms with Gasteiger partial charge < -0.3 is 60.2 Å². The number of imidazole rings is 1. The van der Waals surface area contributed by atoms with Gasteiger partial charge in [0.05, 0.1) is 19.5 Å². The number of ether oxygens (including phenoxy) is 2. The number of phosphoric acid groups is 1. The van der Waals surface area contributed by atoms with Crippen LogP contribution in [-0.2, 0) is 39.2 Å². The molecule has 7 unspecified atom stereocenters. The Kier molecular flexibility index (Phi) is 9.55. The lowest BCUT2D eigenvalue weighted by Crippen LogP contribution is -2.61. The predicted molar refractivity (Wildman–Crippen MR) is 129 cm³/mol. The van der Waals surface area contributed by atoms with Crippen molar-refractivity contribution < 1.29 is 72.2 Å². The molecule has 40 heavy (non-hydrogen) atoms. The smallest absolute Gasteiger partial charge is 0.394 e. The first-order valence-corrected chi connectivity index (χ1v) is 15.3. The molecule has 0 bridgehead atoms. The van der Waals surface area contributed by atoms with E-state index in [1.54, 1.807) is 0 Å². The number of alkyl halides is 1. The average Bonchev–Trinajstić information content (AvgIpc) is 3.43. The van der Waals surface area contributed by atoms with Gasteiger partial charge in [0.25, 0.3) is 0 Å². The van der Waals surface area contributed by atoms with E-state index in [1.165, 1.54) is 10.9 Å². The molecule has 23 heteroatoms. The third-order valence-electron chi connectivity index (χ3n) is 5.97. The van der Waals surface area contributed by atoms with Crippen LogP contribution in [0.15, 0.2) is 12.7 Å². The summed E-state index contributed by atoms with van der Waals surface area (Å²) in [6.07, 6.45) is -16.5. The summed E-state index contributed by atoms with van der Waals surface area (Å²) in [5, 5.41) is 59.0. The molecule has 2 fully saturated rings. The fourth-order valence-corrected chi connectivity index (χ4v) is 7.08. The second-order valence-electron chi connectivity index (χ2n) is 8.69. The van der Waals surface area contributed by atoms with E-state index in [4.69, 9.17) is 24.8 Å². The number of rotatable bonds is 10. The monoisotopic (exact) mass is 637 g/mol. The number of nitrogens with two attached hydrogens (primary N) is 1. The lowest BCUT2D eigenvalue weighted by Gasteiger charge is -2.41. The van der Waals surface area contributed by atoms with Crippen LogP contribution < -0.4 is 5.73 Å². The number of halogens is 1. The molecule has 19 nitrogen and oxygen atoms in total. The zero-order valence-corrected chi connectivity index (χ0v) is 22.5. The molecule has 0 spiro atoms. The maximum Gasteiger partial charge on any atom is 0.481 e. The molecule has 0 saturated carbocycles. The van der Waals surface area contributed by atoms with Gasteiger partial charge in [-0.15, -0.1) is 0 Å². The van der Waals surface area contributed by atoms with Crippen molar-refractivity contribution in [1.82, 2.24) is 19.5 Å². The quantitative estimate of drug-likeness (QED) is 0.114. The van der Waals surface area contributed by atoms with Crippen molar-refractivity contribution in [2.75, 3.05) is 18.9 Å². The number of aromatic nitrogens is 4. The van der Waals surface area contributed by atoms with Crippen molar-refractivity contribution in [3.05, 3.63) is 12.7 Å². The second-order valence-corrected chi connectivity index (χ2v) is 13.1. The zero-order valence-electron chi connectivity index (χ0n) is 19.9. The highest BCUT2D eigenvalue weighted by molar-refractivity contribution is 8.08. The summed E-state index contributed by atoms with van der Waals surface area (Å²) in [5.41, 5.74) is 6.00. The normalized spacial score (nSPS) is 36.8. The van der Waals surface area contributed by atoms with Gasteiger partial charge in [-0.3, -0.25) is 9.09 Å². The molecule has 4 heterocycles. The van der Waals surface area contributed by atoms with Gasteiger partial charge in [0, 0.05) is 0 Å². The molecular formula is C17H26FN5O14P2S. The molecule has 10 N–H and O–H groups in total. The van der Waals surface area contributed by atoms with E-state index in [-0.39, 0.29) is 17.0 Å². The number of fused-ring (bicyclic) bond motifs is 1. The predicted octanol–water partition coefficient (Wildman–Crippen LogP) is -3.47. The van der Waals surface area contributed by atoms with Crippen LogP contribution in [0.4, 0.5) is 10.2 Å². The highest BCUT2D eigenvalue weighted by Gasteiger charge is 2.50. The third-order valence-corrected chi connectivity index (χ3v) is 9.48. The fourth-order valence-electron chi connectivity index (χ4n) is 3.98. The van der Waals surface area contributed by atoms with Crippen molar-refractivity contribution in [3.63, 3.8) is 0 Å². The molecule has 0 amide bonds. The van der Waals surface area contributed by atoms with Crippen molar-refractivity contribution in [2.45, 2.75) is 61.4 Å². The number of phosphoric ester groups is 1. The van der Waals surface area contributed by atoms with E-state index in [2.05, 4.69) is 35.6 Å². The Bertz CT molecular complexity index is 1300. The molecule has 226 valence electrons. The van der Waals surface area contributed by atoms with Gasteiger partial charge in [-0.05, 0) is 11.8 Å². The largest absolute Gasteiger partial charge is 0.481 e. The van der Waals surface area contributed by atoms with Crippen LogP contribution in [0.2, 0.25) is 0 Å². The summed E-state index contributed by atoms with van der Waals surface area (Å²) in [4.78, 5) is 32.0. The number of aliphatic hydroxyl groups excluding tert-OH is 6. The van der Waals surface area contributed by atoms with Crippen LogP contribution in [0, 0.1) is 0 Å². The standard InChI is InChI=1S/C17H26FN5O14P2S/c18-7-6(34-16(9(7)26)23-4-22-8-14(19)20-3-21-15(8)23)2-33-39(32,40)37-38(30,31)36-17-12(29)10(27)11(28)13(35-17)5(25)1-24/h3-7,9-13,16-17,24-29H,1-2H2,(H,30,31)(H,32,40)(H2,19,20,21)/t5-,6-,7?,9?,10?,11+,12?,13?,16-,17+,39?/m1/s1. The summed E-state index contributed by atoms with van der Waals surface area (Å²) in [6.45, 7) is -6.56. The topological polar surface area (TPSA) is 295 Å². The number of anilines is 1. The third kappa shape index (κ3) is 6.50. The number of nitrogens with zero attached hydrogens (tertiary/aromatic N) is 4. The van der Waals surface area contributed by atoms with Crippen LogP contribution in [-0.4, -0.2) is 128 Å². The zero-order chi connectivity index (χ0) is 29.6. The molecule has 2 aliphatic heterocycles. The van der Waals surface area contributed by atoms with Gasteiger partial charge in [-0.1, -0.05) is 0 Å². The van der Waals surface area contributed by atoms with E-state index in [9.17, 15) is 44.3 Å². The van der Waals surface area contributed by atoms with Crippen molar-refractivity contribution in [1.29, 1.82) is 0 Å². The van der Waals surface area contributed by atoms with E-state index in [0.717, 1.165) is 6.33 Å². The van der Waals surface area contributed by atoms with Crippen LogP contribution in [0.5, 0.6) is 0 Å².